The second-order valence-corrected chi connectivity index (χ2v) is 4.54. The van der Waals surface area contributed by atoms with Gasteiger partial charge in [0.1, 0.15) is 0 Å². The van der Waals surface area contributed by atoms with Crippen LogP contribution in [0.4, 0.5) is 0 Å². The Morgan fingerprint density at radius 3 is 1.17 bits per heavy atom. The number of aliphatic carboxylic acids is 2. The average molecular weight is 455 g/mol. The van der Waals surface area contributed by atoms with Gasteiger partial charge in [-0.3, -0.25) is 20.4 Å². The van der Waals surface area contributed by atoms with Gasteiger partial charge in [0.25, 0.3) is 11.9 Å². The number of guanidine groups is 4. The molecule has 0 aromatic carbocycles. The molecule has 0 atom stereocenters. The van der Waals surface area contributed by atoms with Gasteiger partial charge in [0.15, 0.2) is 11.9 Å². The zero-order chi connectivity index (χ0) is 22.0. The molecule has 0 saturated carbocycles. The van der Waals surface area contributed by atoms with E-state index in [1.54, 1.807) is 33.1 Å². The summed E-state index contributed by atoms with van der Waals surface area (Å²) in [6, 6.07) is 0. The molecule has 0 aliphatic carbocycles. The number of hydrogen-bond donors (Lipinski definition) is 8. The van der Waals surface area contributed by atoms with E-state index in [0.717, 1.165) is 13.8 Å². The van der Waals surface area contributed by atoms with Crippen LogP contribution in [0.15, 0.2) is 9.98 Å². The van der Waals surface area contributed by atoms with E-state index in [0.29, 0.717) is 0 Å². The summed E-state index contributed by atoms with van der Waals surface area (Å²) in [6.45, 7) is 2.17. The van der Waals surface area contributed by atoms with Gasteiger partial charge in [0.2, 0.25) is 11.9 Å². The number of hydrogen-bond acceptors (Lipinski definition) is 5. The first-order chi connectivity index (χ1) is 11.5. The van der Waals surface area contributed by atoms with Crippen molar-refractivity contribution in [2.45, 2.75) is 13.8 Å². The molecule has 0 fully saturated rings. The zero-order valence-electron chi connectivity index (χ0n) is 17.7. The molecular formula is C12H32ClN10NaO5. The summed E-state index contributed by atoms with van der Waals surface area (Å²) in [7, 11) is 6.83. The maximum Gasteiger partial charge on any atom is 1.00 e. The van der Waals surface area contributed by atoms with Crippen molar-refractivity contribution in [3.63, 3.8) is 0 Å². The Labute approximate surface area is 198 Å². The third-order valence-corrected chi connectivity index (χ3v) is 1.35. The Morgan fingerprint density at radius 1 is 0.828 bits per heavy atom. The molecule has 29 heavy (non-hydrogen) atoms. The largest absolute Gasteiger partial charge is 1.00 e. The summed E-state index contributed by atoms with van der Waals surface area (Å²) < 4.78 is 0. The van der Waals surface area contributed by atoms with Gasteiger partial charge in [-0.05, 0) is 0 Å². The fourth-order valence-electron chi connectivity index (χ4n) is 0.446. The van der Waals surface area contributed by atoms with E-state index in [4.69, 9.17) is 53.6 Å². The van der Waals surface area contributed by atoms with Gasteiger partial charge in [-0.2, -0.15) is 9.98 Å². The van der Waals surface area contributed by atoms with E-state index >= 15 is 0 Å². The molecule has 0 aliphatic rings. The quantitative estimate of drug-likeness (QED) is 0.0971. The van der Waals surface area contributed by atoms with E-state index in [2.05, 4.69) is 9.98 Å². The monoisotopic (exact) mass is 454 g/mol. The van der Waals surface area contributed by atoms with E-state index in [1.165, 1.54) is 4.90 Å². The van der Waals surface area contributed by atoms with Crippen molar-refractivity contribution in [2.75, 3.05) is 28.2 Å². The van der Waals surface area contributed by atoms with Crippen molar-refractivity contribution in [3.05, 3.63) is 0 Å². The van der Waals surface area contributed by atoms with Crippen LogP contribution in [0, 0.1) is 10.8 Å². The molecule has 0 radical (unpaired) electrons. The number of halogens is 1. The smallest absolute Gasteiger partial charge is 0.870 e. The number of rotatable bonds is 0. The number of carboxylic acids is 2. The number of aliphatic imine (C=N–C) groups is 2. The first-order valence-electron chi connectivity index (χ1n) is 6.64. The maximum atomic E-state index is 9.00. The molecule has 0 amide bonds. The minimum absolute atomic E-state index is 0. The summed E-state index contributed by atoms with van der Waals surface area (Å²) in [4.78, 5) is 28.0. The van der Waals surface area contributed by atoms with Crippen molar-refractivity contribution in [1.29, 1.82) is 10.8 Å². The van der Waals surface area contributed by atoms with Crippen LogP contribution >= 0.6 is 12.4 Å². The van der Waals surface area contributed by atoms with Crippen LogP contribution in [-0.2, 0) is 9.59 Å². The molecule has 0 heterocycles. The molecular weight excluding hydrogens is 423 g/mol. The molecule has 0 aromatic heterocycles. The Hall–Kier alpha value is -2.33. The van der Waals surface area contributed by atoms with Gasteiger partial charge in [-0.1, -0.05) is 0 Å². The Kier molecular flexibility index (Phi) is 43.7. The van der Waals surface area contributed by atoms with Crippen molar-refractivity contribution in [1.82, 2.24) is 9.80 Å². The third-order valence-electron chi connectivity index (χ3n) is 1.35. The average Bonchev–Trinajstić information content (AvgIpc) is 2.36. The normalized spacial score (nSPS) is 7.72. The van der Waals surface area contributed by atoms with Crippen LogP contribution in [0.2, 0.25) is 0 Å². The zero-order valence-corrected chi connectivity index (χ0v) is 20.5. The first kappa shape index (κ1) is 45.4. The molecule has 15 nitrogen and oxygen atoms in total. The molecule has 17 heteroatoms. The number of carboxylic acid groups (broad SMARTS) is 2. The number of nitrogens with zero attached hydrogens (tertiary/aromatic N) is 4. The third kappa shape index (κ3) is 77.0. The second kappa shape index (κ2) is 27.9. The van der Waals surface area contributed by atoms with Crippen molar-refractivity contribution in [2.24, 2.45) is 32.9 Å². The topological polar surface area (TPSA) is 288 Å². The number of nitrogens with one attached hydrogen (secondary N) is 2. The van der Waals surface area contributed by atoms with Gasteiger partial charge in [-0.15, -0.1) is 12.4 Å². The minimum Gasteiger partial charge on any atom is -0.870 e. The molecule has 13 N–H and O–H groups in total. The predicted octanol–water partition coefficient (Wildman–Crippen LogP) is -5.06. The standard InChI is InChI=1S/2C4H11N5.2C2H4O2.ClH.Na.H2O/c2*1-9(2)4(7)8-3(5)6;2*1-2(3)4;;;/h2*1-2H3,(H5,5,6,7,8);2*1H3,(H,3,4);1H;;1H2/q;;;;;+1;/p-1. The predicted molar refractivity (Wildman–Crippen MR) is 110 cm³/mol. The van der Waals surface area contributed by atoms with E-state index in [1.807, 2.05) is 0 Å². The molecule has 0 aliphatic heterocycles. The van der Waals surface area contributed by atoms with Crippen molar-refractivity contribution >= 4 is 48.2 Å². The van der Waals surface area contributed by atoms with Crippen LogP contribution in [-0.4, -0.2) is 89.5 Å². The van der Waals surface area contributed by atoms with Crippen LogP contribution < -0.4 is 52.5 Å². The summed E-state index contributed by atoms with van der Waals surface area (Å²) in [6.07, 6.45) is 0. The SMILES string of the molecule is CC(=O)O.CC(=O)O.CN(C)C(=N)N=C(N)N.CN(C)C(N)=NC(=N)N.Cl.[Na+].[OH-]. The van der Waals surface area contributed by atoms with Gasteiger partial charge in [0.05, 0.1) is 0 Å². The Morgan fingerprint density at radius 2 is 1.10 bits per heavy atom. The summed E-state index contributed by atoms with van der Waals surface area (Å²) in [5.74, 6) is -1.74. The molecule has 0 spiro atoms. The summed E-state index contributed by atoms with van der Waals surface area (Å²) in [5, 5.41) is 28.6. The van der Waals surface area contributed by atoms with Gasteiger partial charge in [0, 0.05) is 42.0 Å². The van der Waals surface area contributed by atoms with Crippen LogP contribution in [0.25, 0.3) is 0 Å². The van der Waals surface area contributed by atoms with Crippen molar-refractivity contribution < 1.29 is 54.8 Å². The van der Waals surface area contributed by atoms with E-state index in [9.17, 15) is 0 Å². The number of nitrogens with two attached hydrogens (primary N) is 4. The van der Waals surface area contributed by atoms with Gasteiger partial charge >= 0.3 is 29.6 Å². The molecule has 0 unspecified atom stereocenters. The molecule has 168 valence electrons. The second-order valence-electron chi connectivity index (χ2n) is 4.54. The summed E-state index contributed by atoms with van der Waals surface area (Å²) in [5.41, 5.74) is 20.2. The Bertz CT molecular complexity index is 505. The maximum absolute atomic E-state index is 9.00. The molecule has 0 rings (SSSR count). The van der Waals surface area contributed by atoms with Gasteiger partial charge in [-0.25, -0.2) is 0 Å². The van der Waals surface area contributed by atoms with Gasteiger partial charge < -0.3 is 48.4 Å². The van der Waals surface area contributed by atoms with Crippen LogP contribution in [0.1, 0.15) is 13.8 Å². The molecule has 0 saturated heterocycles. The summed E-state index contributed by atoms with van der Waals surface area (Å²) >= 11 is 0. The van der Waals surface area contributed by atoms with Crippen LogP contribution in [0.5, 0.6) is 0 Å². The number of carbonyl (C=O) groups is 2. The minimum atomic E-state index is -0.833. The Balaban J connectivity index is -0.0000000458. The van der Waals surface area contributed by atoms with E-state index < -0.39 is 11.9 Å². The van der Waals surface area contributed by atoms with Crippen LogP contribution in [0.3, 0.4) is 0 Å². The fraction of sp³-hybridized carbons (Fsp3) is 0.500. The molecule has 0 bridgehead atoms. The van der Waals surface area contributed by atoms with Crippen molar-refractivity contribution in [3.8, 4) is 0 Å². The fourth-order valence-corrected chi connectivity index (χ4v) is 0.446. The molecule has 0 aromatic rings. The van der Waals surface area contributed by atoms with E-state index in [-0.39, 0.29) is 71.3 Å². The first-order valence-corrected chi connectivity index (χ1v) is 6.64.